The number of likely N-dealkylation sites (N-methyl/N-ethyl adjacent to an activating group) is 1. The van der Waals surface area contributed by atoms with Crippen molar-refractivity contribution in [3.05, 3.63) is 28.3 Å². The number of nitrogens with zero attached hydrogens (tertiary/aromatic N) is 1. The Hall–Kier alpha value is -1.35. The van der Waals surface area contributed by atoms with Gasteiger partial charge in [-0.05, 0) is 24.7 Å². The Kier molecular flexibility index (Phi) is 6.08. The highest BCUT2D eigenvalue weighted by Gasteiger charge is 2.34. The predicted molar refractivity (Wildman–Crippen MR) is 84.8 cm³/mol. The van der Waals surface area contributed by atoms with Crippen LogP contribution in [0, 0.1) is 0 Å². The topological polar surface area (TPSA) is 67.6 Å². The van der Waals surface area contributed by atoms with E-state index in [0.29, 0.717) is 19.7 Å². The monoisotopic (exact) mass is 365 g/mol. The molecule has 0 aromatic heterocycles. The van der Waals surface area contributed by atoms with Gasteiger partial charge in [0.2, 0.25) is 0 Å². The van der Waals surface area contributed by atoms with Gasteiger partial charge in [0, 0.05) is 30.3 Å². The summed E-state index contributed by atoms with van der Waals surface area (Å²) < 4.78 is 44.3. The fourth-order valence-electron chi connectivity index (χ4n) is 2.53. The molecule has 0 spiro atoms. The number of hydrogen-bond acceptors (Lipinski definition) is 5. The number of halogens is 4. The second-order valence-electron chi connectivity index (χ2n) is 5.73. The zero-order chi connectivity index (χ0) is 17.9. The van der Waals surface area contributed by atoms with Gasteiger partial charge in [-0.3, -0.25) is 9.69 Å². The molecule has 0 amide bonds. The normalized spacial score (nSPS) is 18.8. The lowest BCUT2D eigenvalue weighted by molar-refractivity contribution is -0.137. The Morgan fingerprint density at radius 2 is 2.21 bits per heavy atom. The Bertz CT molecular complexity index is 604. The predicted octanol–water partition coefficient (Wildman–Crippen LogP) is 1.93. The number of nitrogens with two attached hydrogens (primary N) is 1. The average Bonchev–Trinajstić information content (AvgIpc) is 2.50. The third-order valence-corrected chi connectivity index (χ3v) is 3.91. The van der Waals surface area contributed by atoms with Crippen molar-refractivity contribution in [2.75, 3.05) is 39.0 Å². The molecule has 1 fully saturated rings. The number of benzene rings is 1. The van der Waals surface area contributed by atoms with Gasteiger partial charge in [-0.15, -0.1) is 0 Å². The zero-order valence-corrected chi connectivity index (χ0v) is 13.9. The van der Waals surface area contributed by atoms with Crippen LogP contribution in [0.3, 0.4) is 0 Å². The number of carbonyl (C=O) groups excluding carboxylic acids is 1. The van der Waals surface area contributed by atoms with Crippen molar-refractivity contribution in [2.24, 2.45) is 0 Å². The number of ether oxygens (including phenoxy) is 1. The second-order valence-corrected chi connectivity index (χ2v) is 6.16. The maximum atomic E-state index is 13.0. The maximum Gasteiger partial charge on any atom is 0.418 e. The van der Waals surface area contributed by atoms with E-state index >= 15 is 0 Å². The van der Waals surface area contributed by atoms with Crippen LogP contribution in [0.2, 0.25) is 5.02 Å². The van der Waals surface area contributed by atoms with Crippen molar-refractivity contribution in [3.8, 4) is 0 Å². The largest absolute Gasteiger partial charge is 0.418 e. The summed E-state index contributed by atoms with van der Waals surface area (Å²) in [5.41, 5.74) is 4.52. The molecule has 5 nitrogen and oxygen atoms in total. The Morgan fingerprint density at radius 1 is 1.50 bits per heavy atom. The van der Waals surface area contributed by atoms with E-state index in [4.69, 9.17) is 22.1 Å². The molecule has 1 atom stereocenters. The molecule has 0 aliphatic carbocycles. The van der Waals surface area contributed by atoms with Crippen LogP contribution in [0.1, 0.15) is 11.1 Å². The quantitative estimate of drug-likeness (QED) is 0.780. The molecule has 1 aromatic rings. The molecule has 0 saturated carbocycles. The van der Waals surface area contributed by atoms with E-state index in [1.807, 2.05) is 0 Å². The standard InChI is InChI=1S/C15H19ClF3N3O2/c1-22(8-12(23)13-6-21-2-3-24-13)7-9-4-10(16)5-11(14(9)20)15(17,18)19/h4-5,13,21H,2-3,6-8,20H2,1H3. The van der Waals surface area contributed by atoms with Crippen LogP contribution in [0.25, 0.3) is 0 Å². The number of carbonyl (C=O) groups is 1. The van der Waals surface area contributed by atoms with Gasteiger partial charge >= 0.3 is 6.18 Å². The van der Waals surface area contributed by atoms with E-state index in [0.717, 1.165) is 6.07 Å². The molecule has 9 heteroatoms. The molecule has 1 saturated heterocycles. The lowest BCUT2D eigenvalue weighted by Gasteiger charge is -2.25. The highest BCUT2D eigenvalue weighted by molar-refractivity contribution is 6.30. The summed E-state index contributed by atoms with van der Waals surface area (Å²) in [6.07, 6.45) is -5.12. The van der Waals surface area contributed by atoms with E-state index in [9.17, 15) is 18.0 Å². The van der Waals surface area contributed by atoms with Crippen LogP contribution in [-0.2, 0) is 22.3 Å². The van der Waals surface area contributed by atoms with Gasteiger partial charge in [-0.25, -0.2) is 0 Å². The lowest BCUT2D eigenvalue weighted by atomic mass is 10.1. The molecular weight excluding hydrogens is 347 g/mol. The molecular formula is C15H19ClF3N3O2. The number of ketones is 1. The Morgan fingerprint density at radius 3 is 2.79 bits per heavy atom. The molecule has 3 N–H and O–H groups in total. The van der Waals surface area contributed by atoms with Crippen LogP contribution < -0.4 is 11.1 Å². The van der Waals surface area contributed by atoms with Crippen LogP contribution in [0.5, 0.6) is 0 Å². The minimum absolute atomic E-state index is 0.0413. The number of rotatable bonds is 5. The summed E-state index contributed by atoms with van der Waals surface area (Å²) in [4.78, 5) is 13.7. The molecule has 1 aromatic carbocycles. The highest BCUT2D eigenvalue weighted by Crippen LogP contribution is 2.37. The van der Waals surface area contributed by atoms with Crippen molar-refractivity contribution in [1.82, 2.24) is 10.2 Å². The number of nitrogens with one attached hydrogen (secondary N) is 1. The first-order valence-electron chi connectivity index (χ1n) is 7.37. The number of Topliss-reactive ketones (excluding diaryl/α,β-unsaturated/α-hetero) is 1. The molecule has 1 heterocycles. The van der Waals surface area contributed by atoms with Gasteiger partial charge in [0.05, 0.1) is 18.7 Å². The van der Waals surface area contributed by atoms with Gasteiger partial charge in [-0.2, -0.15) is 13.2 Å². The molecule has 1 unspecified atom stereocenters. The highest BCUT2D eigenvalue weighted by atomic mass is 35.5. The van der Waals surface area contributed by atoms with E-state index in [1.165, 1.54) is 6.07 Å². The molecule has 24 heavy (non-hydrogen) atoms. The van der Waals surface area contributed by atoms with Gasteiger partial charge in [-0.1, -0.05) is 11.6 Å². The summed E-state index contributed by atoms with van der Waals surface area (Å²) in [5.74, 6) is -0.138. The molecule has 1 aliphatic heterocycles. The minimum atomic E-state index is -4.58. The second kappa shape index (κ2) is 7.69. The SMILES string of the molecule is CN(CC(=O)C1CNCCO1)Cc1cc(Cl)cc(C(F)(F)F)c1N. The van der Waals surface area contributed by atoms with Gasteiger partial charge < -0.3 is 15.8 Å². The molecule has 134 valence electrons. The summed E-state index contributed by atoms with van der Waals surface area (Å²) in [6.45, 7) is 1.69. The van der Waals surface area contributed by atoms with E-state index in [-0.39, 0.29) is 35.1 Å². The maximum absolute atomic E-state index is 13.0. The van der Waals surface area contributed by atoms with Crippen LogP contribution >= 0.6 is 11.6 Å². The van der Waals surface area contributed by atoms with Crippen LogP contribution in [0.15, 0.2) is 12.1 Å². The third kappa shape index (κ3) is 4.83. The Balaban J connectivity index is 2.07. The molecule has 1 aliphatic rings. The summed E-state index contributed by atoms with van der Waals surface area (Å²) in [7, 11) is 1.63. The average molecular weight is 366 g/mol. The van der Waals surface area contributed by atoms with Gasteiger partial charge in [0.25, 0.3) is 0 Å². The third-order valence-electron chi connectivity index (χ3n) is 3.69. The smallest absolute Gasteiger partial charge is 0.398 e. The van der Waals surface area contributed by atoms with Gasteiger partial charge in [0.15, 0.2) is 5.78 Å². The van der Waals surface area contributed by atoms with E-state index in [2.05, 4.69) is 5.32 Å². The molecule has 2 rings (SSSR count). The van der Waals surface area contributed by atoms with Crippen LogP contribution in [0.4, 0.5) is 18.9 Å². The fourth-order valence-corrected chi connectivity index (χ4v) is 2.77. The van der Waals surface area contributed by atoms with Crippen molar-refractivity contribution < 1.29 is 22.7 Å². The number of morpholine rings is 1. The molecule has 0 radical (unpaired) electrons. The summed E-state index contributed by atoms with van der Waals surface area (Å²) in [6, 6.07) is 2.18. The summed E-state index contributed by atoms with van der Waals surface area (Å²) >= 11 is 5.77. The first-order chi connectivity index (χ1) is 11.2. The lowest BCUT2D eigenvalue weighted by Crippen LogP contribution is -2.46. The van der Waals surface area contributed by atoms with E-state index in [1.54, 1.807) is 11.9 Å². The van der Waals surface area contributed by atoms with Gasteiger partial charge in [0.1, 0.15) is 6.10 Å². The fraction of sp³-hybridized carbons (Fsp3) is 0.533. The number of anilines is 1. The van der Waals surface area contributed by atoms with E-state index < -0.39 is 17.8 Å². The van der Waals surface area contributed by atoms with Crippen molar-refractivity contribution in [3.63, 3.8) is 0 Å². The summed E-state index contributed by atoms with van der Waals surface area (Å²) in [5, 5.41) is 3.00. The van der Waals surface area contributed by atoms with Crippen molar-refractivity contribution >= 4 is 23.1 Å². The first kappa shape index (κ1) is 19.0. The minimum Gasteiger partial charge on any atom is -0.398 e. The zero-order valence-electron chi connectivity index (χ0n) is 13.1. The van der Waals surface area contributed by atoms with Crippen molar-refractivity contribution in [1.29, 1.82) is 0 Å². The van der Waals surface area contributed by atoms with Crippen molar-refractivity contribution in [2.45, 2.75) is 18.8 Å². The number of nitrogen functional groups attached to an aromatic ring is 1. The number of hydrogen-bond donors (Lipinski definition) is 2. The number of alkyl halides is 3. The molecule has 0 bridgehead atoms. The first-order valence-corrected chi connectivity index (χ1v) is 7.75. The van der Waals surface area contributed by atoms with Crippen LogP contribution in [-0.4, -0.2) is 50.1 Å². The Labute approximate surface area is 142 Å².